The lowest BCUT2D eigenvalue weighted by Gasteiger charge is -1.97. The molecule has 16 heavy (non-hydrogen) atoms. The van der Waals surface area contributed by atoms with E-state index in [1.807, 2.05) is 42.6 Å². The van der Waals surface area contributed by atoms with Crippen molar-refractivity contribution in [1.29, 1.82) is 0 Å². The third-order valence-corrected chi connectivity index (χ3v) is 2.74. The highest BCUT2D eigenvalue weighted by Crippen LogP contribution is 2.08. The van der Waals surface area contributed by atoms with Gasteiger partial charge < -0.3 is 4.98 Å². The zero-order valence-electron chi connectivity index (χ0n) is 8.60. The first-order chi connectivity index (χ1) is 7.84. The van der Waals surface area contributed by atoms with Crippen LogP contribution >= 0.6 is 0 Å². The van der Waals surface area contributed by atoms with Crippen LogP contribution in [-0.4, -0.2) is 10.9 Å². The number of nitrogens with one attached hydrogen (secondary N) is 1. The summed E-state index contributed by atoms with van der Waals surface area (Å²) in [6.07, 6.45) is 2.48. The molecular weight excluding hydrogens is 200 g/mol. The summed E-state index contributed by atoms with van der Waals surface area (Å²) in [5.74, 6) is -0.115. The van der Waals surface area contributed by atoms with Crippen molar-refractivity contribution < 1.29 is 4.79 Å². The summed E-state index contributed by atoms with van der Waals surface area (Å²) in [5, 5.41) is 1.75. The van der Waals surface area contributed by atoms with Crippen LogP contribution in [-0.2, 0) is 11.2 Å². The van der Waals surface area contributed by atoms with Gasteiger partial charge in [0.25, 0.3) is 5.91 Å². The molecule has 0 atom stereocenters. The number of carbonyl (C=O) groups is 1. The smallest absolute Gasteiger partial charge is 0.274 e. The second kappa shape index (κ2) is 3.45. The van der Waals surface area contributed by atoms with Gasteiger partial charge in [-0.3, -0.25) is 4.79 Å². The predicted molar refractivity (Wildman–Crippen MR) is 60.1 cm³/mol. The fourth-order valence-corrected chi connectivity index (χ4v) is 1.96. The molecule has 1 amide bonds. The lowest BCUT2D eigenvalue weighted by atomic mass is 10.1. The Morgan fingerprint density at radius 2 is 2.00 bits per heavy atom. The molecule has 2 heterocycles. The number of para-hydroxylation sites is 1. The monoisotopic (exact) mass is 210 g/mol. The number of aromatic amines is 1. The van der Waals surface area contributed by atoms with Gasteiger partial charge in [0.2, 0.25) is 0 Å². The number of amides is 1. The summed E-state index contributed by atoms with van der Waals surface area (Å²) in [4.78, 5) is 18.9. The Balaban J connectivity index is 2.15. The third kappa shape index (κ3) is 1.37. The highest BCUT2D eigenvalue weighted by molar-refractivity contribution is 6.15. The van der Waals surface area contributed by atoms with E-state index in [4.69, 9.17) is 0 Å². The molecule has 0 radical (unpaired) electrons. The topological polar surface area (TPSA) is 45.2 Å². The number of hydrogen-bond donors (Lipinski definition) is 1. The summed E-state index contributed by atoms with van der Waals surface area (Å²) in [5.41, 5.74) is 1.81. The molecule has 3 rings (SSSR count). The highest BCUT2D eigenvalue weighted by atomic mass is 16.1. The number of carbonyl (C=O) groups excluding carboxylic acids is 1. The van der Waals surface area contributed by atoms with E-state index < -0.39 is 0 Å². The SMILES string of the molecule is O=C1N=c2ccccc2=C1Cc1ccc[nH]1. The van der Waals surface area contributed by atoms with E-state index in [9.17, 15) is 4.79 Å². The van der Waals surface area contributed by atoms with Crippen molar-refractivity contribution in [2.75, 3.05) is 0 Å². The standard InChI is InChI=1S/C13H10N2O/c16-13-11(8-9-4-3-7-14-9)10-5-1-2-6-12(10)15-13/h1-7,14H,8H2. The lowest BCUT2D eigenvalue weighted by molar-refractivity contribution is -0.112. The fourth-order valence-electron chi connectivity index (χ4n) is 1.96. The molecular formula is C13H10N2O. The average molecular weight is 210 g/mol. The Kier molecular flexibility index (Phi) is 1.96. The number of rotatable bonds is 2. The normalized spacial score (nSPS) is 13.8. The van der Waals surface area contributed by atoms with Crippen LogP contribution in [0, 0.1) is 0 Å². The summed E-state index contributed by atoms with van der Waals surface area (Å²) in [7, 11) is 0. The van der Waals surface area contributed by atoms with Gasteiger partial charge in [0.15, 0.2) is 0 Å². The molecule has 0 aliphatic carbocycles. The zero-order chi connectivity index (χ0) is 11.0. The molecule has 78 valence electrons. The molecule has 3 heteroatoms. The molecule has 0 spiro atoms. The first kappa shape index (κ1) is 9.09. The first-order valence-corrected chi connectivity index (χ1v) is 5.18. The van der Waals surface area contributed by atoms with Crippen molar-refractivity contribution in [3.05, 3.63) is 58.9 Å². The molecule has 1 aliphatic heterocycles. The van der Waals surface area contributed by atoms with E-state index in [1.54, 1.807) is 0 Å². The number of hydrogen-bond acceptors (Lipinski definition) is 1. The van der Waals surface area contributed by atoms with E-state index in [1.165, 1.54) is 0 Å². The van der Waals surface area contributed by atoms with Crippen LogP contribution < -0.4 is 10.6 Å². The zero-order valence-corrected chi connectivity index (χ0v) is 8.60. The summed E-state index contributed by atoms with van der Waals surface area (Å²) >= 11 is 0. The van der Waals surface area contributed by atoms with Crippen LogP contribution in [0.4, 0.5) is 0 Å². The predicted octanol–water partition coefficient (Wildman–Crippen LogP) is 0.568. The molecule has 1 aromatic carbocycles. The van der Waals surface area contributed by atoms with Gasteiger partial charge >= 0.3 is 0 Å². The van der Waals surface area contributed by atoms with Crippen LogP contribution in [0.5, 0.6) is 0 Å². The molecule has 2 aromatic rings. The van der Waals surface area contributed by atoms with Crippen LogP contribution in [0.3, 0.4) is 0 Å². The maximum Gasteiger partial charge on any atom is 0.274 e. The number of aromatic nitrogens is 1. The molecule has 1 N–H and O–H groups in total. The second-order valence-corrected chi connectivity index (χ2v) is 3.78. The third-order valence-electron chi connectivity index (χ3n) is 2.74. The average Bonchev–Trinajstić information content (AvgIpc) is 2.89. The van der Waals surface area contributed by atoms with E-state index in [0.29, 0.717) is 6.42 Å². The molecule has 1 aromatic heterocycles. The Bertz CT molecular complexity index is 653. The Morgan fingerprint density at radius 3 is 2.81 bits per heavy atom. The minimum absolute atomic E-state index is 0.115. The minimum Gasteiger partial charge on any atom is -0.365 e. The number of H-pyrrole nitrogens is 1. The van der Waals surface area contributed by atoms with Crippen molar-refractivity contribution in [3.8, 4) is 0 Å². The van der Waals surface area contributed by atoms with E-state index in [0.717, 1.165) is 21.8 Å². The maximum atomic E-state index is 11.7. The van der Waals surface area contributed by atoms with Crippen LogP contribution in [0.2, 0.25) is 0 Å². The van der Waals surface area contributed by atoms with Crippen LogP contribution in [0.25, 0.3) is 5.57 Å². The summed E-state index contributed by atoms with van der Waals surface area (Å²) < 4.78 is 0. The molecule has 1 aliphatic rings. The Morgan fingerprint density at radius 1 is 1.12 bits per heavy atom. The van der Waals surface area contributed by atoms with E-state index in [2.05, 4.69) is 9.98 Å². The largest absolute Gasteiger partial charge is 0.365 e. The first-order valence-electron chi connectivity index (χ1n) is 5.18. The number of fused-ring (bicyclic) bond motifs is 1. The van der Waals surface area contributed by atoms with Gasteiger partial charge in [0.1, 0.15) is 0 Å². The highest BCUT2D eigenvalue weighted by Gasteiger charge is 2.16. The van der Waals surface area contributed by atoms with Gasteiger partial charge in [-0.1, -0.05) is 18.2 Å². The van der Waals surface area contributed by atoms with Gasteiger partial charge in [0, 0.05) is 29.1 Å². The van der Waals surface area contributed by atoms with Crippen LogP contribution in [0.15, 0.2) is 47.6 Å². The van der Waals surface area contributed by atoms with Gasteiger partial charge in [-0.15, -0.1) is 0 Å². The molecule has 0 saturated carbocycles. The summed E-state index contributed by atoms with van der Waals surface area (Å²) in [6.45, 7) is 0. The van der Waals surface area contributed by atoms with Gasteiger partial charge in [-0.25, -0.2) is 4.99 Å². The molecule has 0 saturated heterocycles. The number of benzene rings is 1. The Labute approximate surface area is 92.2 Å². The van der Waals surface area contributed by atoms with Crippen molar-refractivity contribution >= 4 is 11.5 Å². The van der Waals surface area contributed by atoms with Crippen molar-refractivity contribution in [2.24, 2.45) is 4.99 Å². The van der Waals surface area contributed by atoms with Gasteiger partial charge in [-0.2, -0.15) is 0 Å². The number of nitrogens with zero attached hydrogens (tertiary/aromatic N) is 1. The van der Waals surface area contributed by atoms with Crippen molar-refractivity contribution in [1.82, 2.24) is 4.98 Å². The fraction of sp³-hybridized carbons (Fsp3) is 0.0769. The lowest BCUT2D eigenvalue weighted by Crippen LogP contribution is -2.22. The van der Waals surface area contributed by atoms with Crippen molar-refractivity contribution in [3.63, 3.8) is 0 Å². The van der Waals surface area contributed by atoms with Gasteiger partial charge in [-0.05, 0) is 18.2 Å². The van der Waals surface area contributed by atoms with E-state index >= 15 is 0 Å². The maximum absolute atomic E-state index is 11.7. The Hall–Kier alpha value is -2.16. The molecule has 3 nitrogen and oxygen atoms in total. The molecule has 0 bridgehead atoms. The quantitative estimate of drug-likeness (QED) is 0.773. The van der Waals surface area contributed by atoms with Gasteiger partial charge in [0.05, 0.1) is 5.36 Å². The summed E-state index contributed by atoms with van der Waals surface area (Å²) in [6, 6.07) is 11.5. The second-order valence-electron chi connectivity index (χ2n) is 3.78. The minimum atomic E-state index is -0.115. The van der Waals surface area contributed by atoms with Crippen LogP contribution in [0.1, 0.15) is 5.69 Å². The van der Waals surface area contributed by atoms with Crippen molar-refractivity contribution in [2.45, 2.75) is 6.42 Å². The molecule has 0 fully saturated rings. The van der Waals surface area contributed by atoms with E-state index in [-0.39, 0.29) is 5.91 Å². The molecule has 0 unspecified atom stereocenters.